The molecule has 120 valence electrons. The fraction of sp³-hybridized carbons (Fsp3) is 0.857. The van der Waals surface area contributed by atoms with Crippen molar-refractivity contribution in [1.82, 2.24) is 20.4 Å². The minimum absolute atomic E-state index is 0.0563. The molecule has 2 aliphatic heterocycles. The van der Waals surface area contributed by atoms with E-state index in [4.69, 9.17) is 4.74 Å². The Kier molecular flexibility index (Phi) is 6.41. The van der Waals surface area contributed by atoms with Crippen molar-refractivity contribution < 1.29 is 14.3 Å². The van der Waals surface area contributed by atoms with Crippen LogP contribution < -0.4 is 10.6 Å². The van der Waals surface area contributed by atoms with Crippen molar-refractivity contribution >= 4 is 11.8 Å². The van der Waals surface area contributed by atoms with Crippen LogP contribution in [0.15, 0.2) is 0 Å². The van der Waals surface area contributed by atoms with Crippen molar-refractivity contribution in [3.63, 3.8) is 0 Å². The molecule has 2 amide bonds. The molecule has 0 aromatic rings. The van der Waals surface area contributed by atoms with Crippen LogP contribution in [0.25, 0.3) is 0 Å². The Labute approximate surface area is 126 Å². The van der Waals surface area contributed by atoms with E-state index in [1.165, 1.54) is 0 Å². The van der Waals surface area contributed by atoms with E-state index in [2.05, 4.69) is 15.5 Å². The molecule has 0 radical (unpaired) electrons. The highest BCUT2D eigenvalue weighted by molar-refractivity contribution is 5.78. The molecule has 0 aromatic heterocycles. The number of rotatable bonds is 5. The predicted octanol–water partition coefficient (Wildman–Crippen LogP) is -1.35. The number of nitrogens with zero attached hydrogens (tertiary/aromatic N) is 2. The molecule has 0 bridgehead atoms. The van der Waals surface area contributed by atoms with Crippen molar-refractivity contribution in [3.8, 4) is 0 Å². The maximum absolute atomic E-state index is 12.2. The fourth-order valence-corrected chi connectivity index (χ4v) is 2.70. The van der Waals surface area contributed by atoms with E-state index in [0.29, 0.717) is 39.2 Å². The summed E-state index contributed by atoms with van der Waals surface area (Å²) in [6.07, 6.45) is 0.496. The zero-order valence-electron chi connectivity index (χ0n) is 12.8. The monoisotopic (exact) mass is 298 g/mol. The first-order valence-corrected chi connectivity index (χ1v) is 7.77. The normalized spacial score (nSPS) is 23.9. The molecule has 0 spiro atoms. The van der Waals surface area contributed by atoms with Gasteiger partial charge in [-0.2, -0.15) is 0 Å². The highest BCUT2D eigenvalue weighted by Gasteiger charge is 2.25. The number of morpholine rings is 1. The third-order valence-corrected chi connectivity index (χ3v) is 3.89. The molecule has 2 aliphatic rings. The van der Waals surface area contributed by atoms with E-state index in [1.807, 2.05) is 11.8 Å². The highest BCUT2D eigenvalue weighted by Crippen LogP contribution is 2.07. The number of piperazine rings is 1. The molecule has 1 unspecified atom stereocenters. The third-order valence-electron chi connectivity index (χ3n) is 3.89. The number of nitrogens with one attached hydrogen (secondary N) is 2. The van der Waals surface area contributed by atoms with Gasteiger partial charge in [0.2, 0.25) is 11.8 Å². The van der Waals surface area contributed by atoms with Gasteiger partial charge >= 0.3 is 0 Å². The van der Waals surface area contributed by atoms with Gasteiger partial charge in [0.05, 0.1) is 19.8 Å². The molecule has 7 heteroatoms. The van der Waals surface area contributed by atoms with E-state index < -0.39 is 0 Å². The van der Waals surface area contributed by atoms with Gasteiger partial charge in [0, 0.05) is 51.7 Å². The Morgan fingerprint density at radius 3 is 2.67 bits per heavy atom. The van der Waals surface area contributed by atoms with Gasteiger partial charge in [-0.05, 0) is 6.92 Å². The molecule has 7 nitrogen and oxygen atoms in total. The van der Waals surface area contributed by atoms with Crippen LogP contribution in [0, 0.1) is 0 Å². The number of hydrogen-bond acceptors (Lipinski definition) is 5. The topological polar surface area (TPSA) is 73.9 Å². The first kappa shape index (κ1) is 16.2. The Hall–Kier alpha value is -1.18. The van der Waals surface area contributed by atoms with E-state index in [9.17, 15) is 9.59 Å². The molecule has 2 fully saturated rings. The predicted molar refractivity (Wildman–Crippen MR) is 78.9 cm³/mol. The highest BCUT2D eigenvalue weighted by atomic mass is 16.5. The smallest absolute Gasteiger partial charge is 0.234 e. The summed E-state index contributed by atoms with van der Waals surface area (Å²) >= 11 is 0. The molecule has 1 atom stereocenters. The lowest BCUT2D eigenvalue weighted by Gasteiger charge is -2.35. The second-order valence-corrected chi connectivity index (χ2v) is 5.54. The van der Waals surface area contributed by atoms with Crippen molar-refractivity contribution in [2.75, 3.05) is 59.0 Å². The molecule has 2 saturated heterocycles. The summed E-state index contributed by atoms with van der Waals surface area (Å²) in [5.74, 6) is 0.233. The molecule has 0 aromatic carbocycles. The number of hydrogen-bond donors (Lipinski definition) is 2. The molecule has 21 heavy (non-hydrogen) atoms. The lowest BCUT2D eigenvalue weighted by atomic mass is 10.1. The van der Waals surface area contributed by atoms with Gasteiger partial charge in [0.1, 0.15) is 0 Å². The summed E-state index contributed by atoms with van der Waals surface area (Å²) in [4.78, 5) is 27.8. The molecule has 0 aliphatic carbocycles. The number of likely N-dealkylation sites (N-methyl/N-ethyl adjacent to an activating group) is 1. The lowest BCUT2D eigenvalue weighted by molar-refractivity contribution is -0.134. The number of carbonyl (C=O) groups is 2. The Morgan fingerprint density at radius 1 is 1.29 bits per heavy atom. The van der Waals surface area contributed by atoms with Gasteiger partial charge in [0.15, 0.2) is 0 Å². The Morgan fingerprint density at radius 2 is 2.05 bits per heavy atom. The molecule has 2 rings (SSSR count). The summed E-state index contributed by atoms with van der Waals surface area (Å²) < 4.78 is 5.37. The summed E-state index contributed by atoms with van der Waals surface area (Å²) in [6, 6.07) is 0.139. The summed E-state index contributed by atoms with van der Waals surface area (Å²) in [7, 11) is 0. The summed E-state index contributed by atoms with van der Waals surface area (Å²) in [5, 5.41) is 6.10. The van der Waals surface area contributed by atoms with E-state index in [1.54, 1.807) is 0 Å². The number of amides is 2. The van der Waals surface area contributed by atoms with E-state index in [0.717, 1.165) is 26.2 Å². The van der Waals surface area contributed by atoms with Gasteiger partial charge in [0.25, 0.3) is 0 Å². The quantitative estimate of drug-likeness (QED) is 0.656. The zero-order chi connectivity index (χ0) is 15.1. The lowest BCUT2D eigenvalue weighted by Crippen LogP contribution is -2.52. The van der Waals surface area contributed by atoms with Crippen molar-refractivity contribution in [2.45, 2.75) is 19.4 Å². The summed E-state index contributed by atoms with van der Waals surface area (Å²) in [6.45, 7) is 8.08. The van der Waals surface area contributed by atoms with Crippen molar-refractivity contribution in [3.05, 3.63) is 0 Å². The Balaban J connectivity index is 1.67. The van der Waals surface area contributed by atoms with Gasteiger partial charge < -0.3 is 20.3 Å². The Bertz CT molecular complexity index is 350. The standard InChI is InChI=1S/C14H26N4O3/c1-2-15-13(19)10-17-4-6-18(7-5-17)14(20)9-12-11-21-8-3-16-12/h12,16H,2-11H2,1H3,(H,15,19). The van der Waals surface area contributed by atoms with Crippen LogP contribution >= 0.6 is 0 Å². The fourth-order valence-electron chi connectivity index (χ4n) is 2.70. The third kappa shape index (κ3) is 5.26. The molecule has 2 N–H and O–H groups in total. The molecular formula is C14H26N4O3. The van der Waals surface area contributed by atoms with Gasteiger partial charge in [-0.15, -0.1) is 0 Å². The van der Waals surface area contributed by atoms with Crippen LogP contribution in [0.2, 0.25) is 0 Å². The van der Waals surface area contributed by atoms with Crippen LogP contribution in [0.3, 0.4) is 0 Å². The number of carbonyl (C=O) groups excluding carboxylic acids is 2. The van der Waals surface area contributed by atoms with Gasteiger partial charge in [-0.25, -0.2) is 0 Å². The van der Waals surface area contributed by atoms with E-state index in [-0.39, 0.29) is 17.9 Å². The van der Waals surface area contributed by atoms with Crippen LogP contribution in [-0.4, -0.2) is 86.7 Å². The number of ether oxygens (including phenoxy) is 1. The average molecular weight is 298 g/mol. The second-order valence-electron chi connectivity index (χ2n) is 5.54. The molecular weight excluding hydrogens is 272 g/mol. The van der Waals surface area contributed by atoms with Gasteiger partial charge in [-0.1, -0.05) is 0 Å². The molecule has 2 heterocycles. The first-order valence-electron chi connectivity index (χ1n) is 7.77. The SMILES string of the molecule is CCNC(=O)CN1CCN(C(=O)CC2COCCN2)CC1. The van der Waals surface area contributed by atoms with Crippen LogP contribution in [-0.2, 0) is 14.3 Å². The minimum Gasteiger partial charge on any atom is -0.378 e. The zero-order valence-corrected chi connectivity index (χ0v) is 12.8. The van der Waals surface area contributed by atoms with Crippen LogP contribution in [0.4, 0.5) is 0 Å². The average Bonchev–Trinajstić information content (AvgIpc) is 2.49. The van der Waals surface area contributed by atoms with Crippen molar-refractivity contribution in [2.24, 2.45) is 0 Å². The second kappa shape index (κ2) is 8.31. The van der Waals surface area contributed by atoms with Gasteiger partial charge in [-0.3, -0.25) is 14.5 Å². The summed E-state index contributed by atoms with van der Waals surface area (Å²) in [5.41, 5.74) is 0. The van der Waals surface area contributed by atoms with Crippen molar-refractivity contribution in [1.29, 1.82) is 0 Å². The maximum Gasteiger partial charge on any atom is 0.234 e. The van der Waals surface area contributed by atoms with Crippen LogP contribution in [0.1, 0.15) is 13.3 Å². The largest absolute Gasteiger partial charge is 0.378 e. The minimum atomic E-state index is 0.0563. The van der Waals surface area contributed by atoms with Crippen LogP contribution in [0.5, 0.6) is 0 Å². The first-order chi connectivity index (χ1) is 10.2. The van der Waals surface area contributed by atoms with E-state index >= 15 is 0 Å². The molecule has 0 saturated carbocycles. The maximum atomic E-state index is 12.2.